The Kier molecular flexibility index (Phi) is 5.93. The summed E-state index contributed by atoms with van der Waals surface area (Å²) in [7, 11) is 8.78. The van der Waals surface area contributed by atoms with E-state index in [1.54, 1.807) is 14.1 Å². The molecule has 0 bridgehead atoms. The van der Waals surface area contributed by atoms with Crippen LogP contribution in [0.4, 0.5) is 16.0 Å². The van der Waals surface area contributed by atoms with Crippen molar-refractivity contribution in [1.82, 2.24) is 18.3 Å². The molecular formula is C21H25FN6O4. The maximum absolute atomic E-state index is 13.7. The van der Waals surface area contributed by atoms with Crippen molar-refractivity contribution in [2.75, 3.05) is 24.7 Å². The molecule has 0 aliphatic carbocycles. The monoisotopic (exact) mass is 444 g/mol. The maximum atomic E-state index is 13.7. The van der Waals surface area contributed by atoms with Crippen LogP contribution in [0.3, 0.4) is 0 Å². The van der Waals surface area contributed by atoms with E-state index in [-0.39, 0.29) is 22.8 Å². The summed E-state index contributed by atoms with van der Waals surface area (Å²) in [6, 6.07) is 5.38. The number of hydrogen-bond acceptors (Lipinski definition) is 6. The molecule has 0 atom stereocenters. The van der Waals surface area contributed by atoms with Gasteiger partial charge in [0, 0.05) is 42.3 Å². The number of aromatic nitrogens is 4. The Morgan fingerprint density at radius 1 is 0.688 bits per heavy atom. The van der Waals surface area contributed by atoms with E-state index in [2.05, 4.69) is 10.6 Å². The van der Waals surface area contributed by atoms with E-state index in [1.807, 2.05) is 0 Å². The quantitative estimate of drug-likeness (QED) is 0.568. The molecule has 0 aliphatic heterocycles. The highest BCUT2D eigenvalue weighted by Crippen LogP contribution is 2.34. The third kappa shape index (κ3) is 3.35. The van der Waals surface area contributed by atoms with Crippen LogP contribution < -0.4 is 33.1 Å². The zero-order chi connectivity index (χ0) is 23.9. The van der Waals surface area contributed by atoms with Crippen LogP contribution in [0, 0.1) is 5.82 Å². The van der Waals surface area contributed by atoms with Gasteiger partial charge in [0.25, 0.3) is 11.1 Å². The lowest BCUT2D eigenvalue weighted by molar-refractivity contribution is 0.625. The molecule has 0 saturated carbocycles. The summed E-state index contributed by atoms with van der Waals surface area (Å²) in [5.41, 5.74) is -1.70. The third-order valence-corrected chi connectivity index (χ3v) is 5.65. The predicted octanol–water partition coefficient (Wildman–Crippen LogP) is -0.116. The predicted molar refractivity (Wildman–Crippen MR) is 120 cm³/mol. The number of hydrogen-bond donors (Lipinski definition) is 2. The van der Waals surface area contributed by atoms with E-state index < -0.39 is 34.2 Å². The summed E-state index contributed by atoms with van der Waals surface area (Å²) in [6.45, 7) is 0. The van der Waals surface area contributed by atoms with Gasteiger partial charge in [0.1, 0.15) is 17.5 Å². The molecule has 11 heteroatoms. The molecular weight excluding hydrogens is 419 g/mol. The van der Waals surface area contributed by atoms with E-state index in [1.165, 1.54) is 61.6 Å². The fraction of sp³-hybridized carbons (Fsp3) is 0.333. The summed E-state index contributed by atoms with van der Waals surface area (Å²) in [5.74, 6) is -1.11. The Hall–Kier alpha value is -3.89. The first-order chi connectivity index (χ1) is 15.1. The summed E-state index contributed by atoms with van der Waals surface area (Å²) in [4.78, 5) is 51.8. The normalized spacial score (nSPS) is 11.1. The van der Waals surface area contributed by atoms with Gasteiger partial charge in [-0.2, -0.15) is 0 Å². The average molecular weight is 444 g/mol. The Bertz CT molecular complexity index is 1340. The molecule has 2 aromatic heterocycles. The third-order valence-electron chi connectivity index (χ3n) is 5.65. The van der Waals surface area contributed by atoms with Crippen molar-refractivity contribution < 1.29 is 4.39 Å². The van der Waals surface area contributed by atoms with Gasteiger partial charge in [-0.25, -0.2) is 14.0 Å². The number of rotatable bonds is 5. The number of nitrogens with zero attached hydrogens (tertiary/aromatic N) is 4. The zero-order valence-electron chi connectivity index (χ0n) is 18.7. The minimum absolute atomic E-state index is 0.107. The molecule has 3 aromatic rings. The molecule has 0 amide bonds. The molecule has 10 nitrogen and oxygen atoms in total. The van der Waals surface area contributed by atoms with Gasteiger partial charge in [-0.1, -0.05) is 12.1 Å². The lowest BCUT2D eigenvalue weighted by Crippen LogP contribution is -2.44. The van der Waals surface area contributed by atoms with Crippen molar-refractivity contribution in [2.24, 2.45) is 28.2 Å². The van der Waals surface area contributed by atoms with Crippen molar-refractivity contribution in [3.05, 3.63) is 88.4 Å². The number of benzene rings is 1. The molecule has 170 valence electrons. The second-order valence-electron chi connectivity index (χ2n) is 7.42. The molecule has 0 fully saturated rings. The van der Waals surface area contributed by atoms with Crippen LogP contribution in [0.5, 0.6) is 0 Å². The molecule has 0 spiro atoms. The smallest absolute Gasteiger partial charge is 0.332 e. The van der Waals surface area contributed by atoms with Crippen LogP contribution in [0.25, 0.3) is 0 Å². The van der Waals surface area contributed by atoms with Crippen molar-refractivity contribution in [3.8, 4) is 0 Å². The minimum atomic E-state index is -1.02. The average Bonchev–Trinajstić information content (AvgIpc) is 2.79. The van der Waals surface area contributed by atoms with Crippen molar-refractivity contribution >= 4 is 11.6 Å². The standard InChI is InChI=1S/C21H25FN6O4/c1-23-16-14(18(29)27(5)20(31)25(16)3)13(11-7-9-12(22)10-8-11)15-17(24-2)26(4)21(32)28(6)19(15)30/h7-10,13,23-24H,1-6H3. The zero-order valence-corrected chi connectivity index (χ0v) is 18.7. The molecule has 0 aliphatic rings. The first-order valence-corrected chi connectivity index (χ1v) is 9.77. The van der Waals surface area contributed by atoms with Crippen LogP contribution >= 0.6 is 0 Å². The topological polar surface area (TPSA) is 112 Å². The SMILES string of the molecule is CNc1c(C(c2ccc(F)cc2)c2c(NC)n(C)c(=O)n(C)c2=O)c(=O)n(C)c(=O)n1C. The van der Waals surface area contributed by atoms with Crippen LogP contribution in [0.15, 0.2) is 43.4 Å². The fourth-order valence-electron chi connectivity index (χ4n) is 4.00. The minimum Gasteiger partial charge on any atom is -0.374 e. The van der Waals surface area contributed by atoms with Crippen LogP contribution in [-0.2, 0) is 28.2 Å². The van der Waals surface area contributed by atoms with Gasteiger partial charge in [-0.3, -0.25) is 27.9 Å². The second-order valence-corrected chi connectivity index (χ2v) is 7.42. The van der Waals surface area contributed by atoms with Gasteiger partial charge in [0.2, 0.25) is 0 Å². The Labute approximate surface area is 182 Å². The molecule has 3 rings (SSSR count). The van der Waals surface area contributed by atoms with Gasteiger partial charge in [0.05, 0.1) is 17.0 Å². The Morgan fingerprint density at radius 2 is 1.06 bits per heavy atom. The van der Waals surface area contributed by atoms with Crippen LogP contribution in [0.2, 0.25) is 0 Å². The van der Waals surface area contributed by atoms with Crippen molar-refractivity contribution in [3.63, 3.8) is 0 Å². The summed E-state index contributed by atoms with van der Waals surface area (Å²) in [6.07, 6.45) is 0. The maximum Gasteiger partial charge on any atom is 0.332 e. The fourth-order valence-corrected chi connectivity index (χ4v) is 4.00. The van der Waals surface area contributed by atoms with Gasteiger partial charge in [-0.05, 0) is 17.7 Å². The summed E-state index contributed by atoms with van der Waals surface area (Å²) >= 11 is 0. The van der Waals surface area contributed by atoms with E-state index >= 15 is 0 Å². The molecule has 0 radical (unpaired) electrons. The first-order valence-electron chi connectivity index (χ1n) is 9.77. The van der Waals surface area contributed by atoms with E-state index in [0.717, 1.165) is 9.13 Å². The molecule has 0 unspecified atom stereocenters. The lowest BCUT2D eigenvalue weighted by Gasteiger charge is -2.25. The first kappa shape index (κ1) is 22.8. The van der Waals surface area contributed by atoms with Gasteiger partial charge >= 0.3 is 11.4 Å². The van der Waals surface area contributed by atoms with E-state index in [4.69, 9.17) is 0 Å². The molecule has 2 N–H and O–H groups in total. The van der Waals surface area contributed by atoms with Crippen LogP contribution in [0.1, 0.15) is 22.6 Å². The Balaban J connectivity index is 2.62. The van der Waals surface area contributed by atoms with E-state index in [0.29, 0.717) is 5.56 Å². The summed E-state index contributed by atoms with van der Waals surface area (Å²) < 4.78 is 18.1. The Morgan fingerprint density at radius 3 is 1.41 bits per heavy atom. The van der Waals surface area contributed by atoms with Gasteiger partial charge in [0.15, 0.2) is 0 Å². The van der Waals surface area contributed by atoms with Gasteiger partial charge < -0.3 is 10.6 Å². The van der Waals surface area contributed by atoms with Crippen molar-refractivity contribution in [2.45, 2.75) is 5.92 Å². The van der Waals surface area contributed by atoms with E-state index in [9.17, 15) is 23.6 Å². The number of halogens is 1. The number of anilines is 2. The lowest BCUT2D eigenvalue weighted by atomic mass is 9.86. The highest BCUT2D eigenvalue weighted by molar-refractivity contribution is 5.59. The largest absolute Gasteiger partial charge is 0.374 e. The molecule has 32 heavy (non-hydrogen) atoms. The van der Waals surface area contributed by atoms with Gasteiger partial charge in [-0.15, -0.1) is 0 Å². The molecule has 1 aromatic carbocycles. The highest BCUT2D eigenvalue weighted by atomic mass is 19.1. The molecule has 2 heterocycles. The number of nitrogens with one attached hydrogen (secondary N) is 2. The van der Waals surface area contributed by atoms with Crippen molar-refractivity contribution in [1.29, 1.82) is 0 Å². The highest BCUT2D eigenvalue weighted by Gasteiger charge is 2.32. The van der Waals surface area contributed by atoms with Crippen LogP contribution in [-0.4, -0.2) is 32.4 Å². The summed E-state index contributed by atoms with van der Waals surface area (Å²) in [5, 5.41) is 5.76. The molecule has 0 saturated heterocycles. The second kappa shape index (κ2) is 8.33.